The van der Waals surface area contributed by atoms with Crippen LogP contribution >= 0.6 is 0 Å². The van der Waals surface area contributed by atoms with Gasteiger partial charge in [0, 0.05) is 19.1 Å². The van der Waals surface area contributed by atoms with Gasteiger partial charge in [-0.25, -0.2) is 16.8 Å². The van der Waals surface area contributed by atoms with E-state index in [1.165, 1.54) is 0 Å². The lowest BCUT2D eigenvalue weighted by Gasteiger charge is -2.27. The second-order valence-corrected chi connectivity index (χ2v) is 10.7. The van der Waals surface area contributed by atoms with Gasteiger partial charge in [-0.05, 0) is 38.1 Å². The van der Waals surface area contributed by atoms with Gasteiger partial charge in [-0.3, -0.25) is 0 Å². The summed E-state index contributed by atoms with van der Waals surface area (Å²) in [5.74, 6) is 0.442. The molecule has 3 fully saturated rings. The van der Waals surface area contributed by atoms with Gasteiger partial charge in [0.1, 0.15) is 9.84 Å². The summed E-state index contributed by atoms with van der Waals surface area (Å²) in [6.07, 6.45) is 2.70. The molecule has 0 aromatic rings. The van der Waals surface area contributed by atoms with E-state index in [0.29, 0.717) is 19.0 Å². The molecule has 3 rings (SSSR count). The molecule has 0 aromatic carbocycles. The highest BCUT2D eigenvalue weighted by molar-refractivity contribution is 7.92. The van der Waals surface area contributed by atoms with Crippen molar-refractivity contribution < 1.29 is 16.8 Å². The Labute approximate surface area is 120 Å². The van der Waals surface area contributed by atoms with Crippen LogP contribution in [0.3, 0.4) is 0 Å². The molecule has 0 aromatic heterocycles. The first-order chi connectivity index (χ1) is 9.38. The second-order valence-electron chi connectivity index (χ2n) is 6.18. The lowest BCUT2D eigenvalue weighted by molar-refractivity contribution is 0.339. The van der Waals surface area contributed by atoms with Crippen LogP contribution in [-0.4, -0.2) is 63.6 Å². The zero-order chi connectivity index (χ0) is 14.4. The summed E-state index contributed by atoms with van der Waals surface area (Å²) in [5, 5.41) is 2.89. The quantitative estimate of drug-likeness (QED) is 0.746. The predicted octanol–water partition coefficient (Wildman–Crippen LogP) is -0.423. The van der Waals surface area contributed by atoms with E-state index in [2.05, 4.69) is 5.32 Å². The lowest BCUT2D eigenvalue weighted by Crippen LogP contribution is -2.43. The summed E-state index contributed by atoms with van der Waals surface area (Å²) in [6.45, 7) is 2.12. The highest BCUT2D eigenvalue weighted by Gasteiger charge is 2.43. The Morgan fingerprint density at radius 2 is 1.75 bits per heavy atom. The van der Waals surface area contributed by atoms with Gasteiger partial charge in [-0.1, -0.05) is 0 Å². The average molecular weight is 322 g/mol. The van der Waals surface area contributed by atoms with Gasteiger partial charge in [0.05, 0.1) is 16.8 Å². The first-order valence-corrected chi connectivity index (χ1v) is 10.6. The van der Waals surface area contributed by atoms with E-state index >= 15 is 0 Å². The number of nitrogens with zero attached hydrogens (tertiary/aromatic N) is 1. The van der Waals surface area contributed by atoms with Crippen LogP contribution in [0.15, 0.2) is 0 Å². The third-order valence-electron chi connectivity index (χ3n) is 4.85. The maximum absolute atomic E-state index is 12.6. The molecular formula is C12H22N2O4S2. The standard InChI is InChI=1S/C12H22N2O4S2/c15-19(16)6-3-11(4-7-19)20(17,18)14-8-10-2-1-5-13-12(10)9-14/h10-13H,1-9H2/t10-,12+/m0/s1. The van der Waals surface area contributed by atoms with Crippen molar-refractivity contribution in [3.05, 3.63) is 0 Å². The van der Waals surface area contributed by atoms with Crippen LogP contribution in [0.2, 0.25) is 0 Å². The van der Waals surface area contributed by atoms with Crippen LogP contribution in [0.1, 0.15) is 25.7 Å². The first kappa shape index (κ1) is 14.7. The van der Waals surface area contributed by atoms with E-state index in [4.69, 9.17) is 0 Å². The van der Waals surface area contributed by atoms with Gasteiger partial charge in [-0.15, -0.1) is 0 Å². The third-order valence-corrected chi connectivity index (χ3v) is 8.90. The summed E-state index contributed by atoms with van der Waals surface area (Å²) < 4.78 is 49.8. The van der Waals surface area contributed by atoms with E-state index < -0.39 is 25.1 Å². The lowest BCUT2D eigenvalue weighted by atomic mass is 9.94. The van der Waals surface area contributed by atoms with Crippen molar-refractivity contribution in [2.24, 2.45) is 5.92 Å². The Bertz CT molecular complexity index is 544. The Kier molecular flexibility index (Phi) is 3.85. The topological polar surface area (TPSA) is 83.5 Å². The van der Waals surface area contributed by atoms with Crippen molar-refractivity contribution in [1.29, 1.82) is 0 Å². The maximum atomic E-state index is 12.6. The Hall–Kier alpha value is -0.180. The van der Waals surface area contributed by atoms with E-state index in [-0.39, 0.29) is 30.4 Å². The van der Waals surface area contributed by atoms with Crippen LogP contribution < -0.4 is 5.32 Å². The molecule has 20 heavy (non-hydrogen) atoms. The van der Waals surface area contributed by atoms with E-state index in [1.807, 2.05) is 0 Å². The summed E-state index contributed by atoms with van der Waals surface area (Å²) in [7, 11) is -6.36. The molecule has 0 bridgehead atoms. The van der Waals surface area contributed by atoms with Gasteiger partial charge in [0.15, 0.2) is 0 Å². The zero-order valence-corrected chi connectivity index (χ0v) is 13.1. The number of hydrogen-bond donors (Lipinski definition) is 1. The fraction of sp³-hybridized carbons (Fsp3) is 1.00. The monoisotopic (exact) mass is 322 g/mol. The molecule has 0 amide bonds. The smallest absolute Gasteiger partial charge is 0.217 e. The molecule has 2 atom stereocenters. The normalized spacial score (nSPS) is 35.8. The van der Waals surface area contributed by atoms with Crippen LogP contribution in [0.25, 0.3) is 0 Å². The number of fused-ring (bicyclic) bond motifs is 1. The van der Waals surface area contributed by atoms with Crippen molar-refractivity contribution >= 4 is 19.9 Å². The Morgan fingerprint density at radius 3 is 2.40 bits per heavy atom. The van der Waals surface area contributed by atoms with Crippen LogP contribution in [-0.2, 0) is 19.9 Å². The number of rotatable bonds is 2. The van der Waals surface area contributed by atoms with Gasteiger partial charge in [0.2, 0.25) is 10.0 Å². The van der Waals surface area contributed by atoms with Gasteiger partial charge < -0.3 is 5.32 Å². The fourth-order valence-electron chi connectivity index (χ4n) is 3.59. The highest BCUT2D eigenvalue weighted by Crippen LogP contribution is 2.30. The molecule has 1 N–H and O–H groups in total. The summed E-state index contributed by atoms with van der Waals surface area (Å²) in [6, 6.07) is 0.283. The molecule has 3 aliphatic rings. The number of piperidine rings is 1. The average Bonchev–Trinajstić information content (AvgIpc) is 2.82. The van der Waals surface area contributed by atoms with E-state index in [1.54, 1.807) is 4.31 Å². The fourth-order valence-corrected chi connectivity index (χ4v) is 7.40. The minimum atomic E-state index is -3.34. The molecule has 116 valence electrons. The summed E-state index contributed by atoms with van der Waals surface area (Å²) >= 11 is 0. The van der Waals surface area contributed by atoms with Crippen LogP contribution in [0, 0.1) is 5.92 Å². The first-order valence-electron chi connectivity index (χ1n) is 7.31. The number of sulfone groups is 1. The van der Waals surface area contributed by atoms with Crippen molar-refractivity contribution in [2.45, 2.75) is 37.0 Å². The number of sulfonamides is 1. The summed E-state index contributed by atoms with van der Waals surface area (Å²) in [4.78, 5) is 0. The minimum Gasteiger partial charge on any atom is -0.312 e. The van der Waals surface area contributed by atoms with E-state index in [0.717, 1.165) is 19.4 Å². The van der Waals surface area contributed by atoms with Crippen molar-refractivity contribution in [3.8, 4) is 0 Å². The molecule has 8 heteroatoms. The van der Waals surface area contributed by atoms with Crippen molar-refractivity contribution in [1.82, 2.24) is 9.62 Å². The molecule has 3 heterocycles. The number of nitrogens with one attached hydrogen (secondary N) is 1. The molecular weight excluding hydrogens is 300 g/mol. The summed E-state index contributed by atoms with van der Waals surface area (Å²) in [5.41, 5.74) is 0. The molecule has 3 aliphatic heterocycles. The van der Waals surface area contributed by atoms with Crippen LogP contribution in [0.5, 0.6) is 0 Å². The predicted molar refractivity (Wildman–Crippen MR) is 76.7 cm³/mol. The second kappa shape index (κ2) is 5.23. The van der Waals surface area contributed by atoms with Crippen LogP contribution in [0.4, 0.5) is 0 Å². The highest BCUT2D eigenvalue weighted by atomic mass is 32.2. The molecule has 6 nitrogen and oxygen atoms in total. The van der Waals surface area contributed by atoms with Gasteiger partial charge in [-0.2, -0.15) is 4.31 Å². The molecule has 3 saturated heterocycles. The minimum absolute atomic E-state index is 0.00977. The Balaban J connectivity index is 1.70. The molecule has 0 saturated carbocycles. The SMILES string of the molecule is O=S1(=O)CCC(S(=O)(=O)N2C[C@@H]3CCCN[C@@H]3C2)CC1. The van der Waals surface area contributed by atoms with E-state index in [9.17, 15) is 16.8 Å². The van der Waals surface area contributed by atoms with Gasteiger partial charge >= 0.3 is 0 Å². The zero-order valence-electron chi connectivity index (χ0n) is 11.5. The molecule has 0 aliphatic carbocycles. The molecule has 0 radical (unpaired) electrons. The molecule has 0 spiro atoms. The Morgan fingerprint density at radius 1 is 1.05 bits per heavy atom. The van der Waals surface area contributed by atoms with Crippen molar-refractivity contribution in [3.63, 3.8) is 0 Å². The van der Waals surface area contributed by atoms with Gasteiger partial charge in [0.25, 0.3) is 0 Å². The third kappa shape index (κ3) is 2.75. The largest absolute Gasteiger partial charge is 0.312 e. The number of hydrogen-bond acceptors (Lipinski definition) is 5. The molecule has 0 unspecified atom stereocenters. The van der Waals surface area contributed by atoms with Crippen molar-refractivity contribution in [2.75, 3.05) is 31.1 Å². The maximum Gasteiger partial charge on any atom is 0.217 e.